The van der Waals surface area contributed by atoms with Crippen LogP contribution in [0.5, 0.6) is 0 Å². The van der Waals surface area contributed by atoms with Gasteiger partial charge < -0.3 is 10.2 Å². The van der Waals surface area contributed by atoms with Crippen molar-refractivity contribution >= 4 is 7.75 Å². The van der Waals surface area contributed by atoms with E-state index >= 15 is 0 Å². The zero-order valence-electron chi connectivity index (χ0n) is 9.62. The zero-order chi connectivity index (χ0) is 11.5. The van der Waals surface area contributed by atoms with E-state index in [1.54, 1.807) is 20.8 Å². The molecule has 1 aliphatic heterocycles. The van der Waals surface area contributed by atoms with E-state index in [1.807, 2.05) is 0 Å². The fourth-order valence-corrected chi connectivity index (χ4v) is 3.09. The van der Waals surface area contributed by atoms with E-state index in [4.69, 9.17) is 4.52 Å². The molecule has 0 aromatic carbocycles. The van der Waals surface area contributed by atoms with Crippen molar-refractivity contribution in [2.75, 3.05) is 13.1 Å². The molecular weight excluding hydrogens is 215 g/mol. The molecule has 1 unspecified atom stereocenters. The molecule has 0 amide bonds. The van der Waals surface area contributed by atoms with Gasteiger partial charge in [0.25, 0.3) is 0 Å². The Balaban J connectivity index is 2.44. The average molecular weight is 236 g/mol. The second-order valence-corrected chi connectivity index (χ2v) is 6.36. The third-order valence-corrected chi connectivity index (χ3v) is 3.57. The molecule has 0 saturated carbocycles. The van der Waals surface area contributed by atoms with Crippen LogP contribution in [-0.2, 0) is 9.09 Å². The van der Waals surface area contributed by atoms with Crippen molar-refractivity contribution in [3.8, 4) is 0 Å². The standard InChI is InChI=1S/C9H21N2O3P/c1-9(2,3)14-15(12,13)11-8-4-6-10-7-5-8/h8,10H,4-7H2,1-3H3,(H2,11,12,13). The van der Waals surface area contributed by atoms with Gasteiger partial charge >= 0.3 is 7.75 Å². The quantitative estimate of drug-likeness (QED) is 0.643. The average Bonchev–Trinajstić information content (AvgIpc) is 1.99. The van der Waals surface area contributed by atoms with Crippen LogP contribution in [0.25, 0.3) is 0 Å². The summed E-state index contributed by atoms with van der Waals surface area (Å²) in [6, 6.07) is 0.0735. The maximum atomic E-state index is 11.7. The minimum atomic E-state index is -3.66. The van der Waals surface area contributed by atoms with Crippen LogP contribution in [0.4, 0.5) is 0 Å². The van der Waals surface area contributed by atoms with Crippen molar-refractivity contribution in [3.63, 3.8) is 0 Å². The molecule has 0 aromatic rings. The Kier molecular flexibility index (Phi) is 4.32. The van der Waals surface area contributed by atoms with Crippen LogP contribution < -0.4 is 10.4 Å². The second kappa shape index (κ2) is 4.93. The Morgan fingerprint density at radius 3 is 2.40 bits per heavy atom. The van der Waals surface area contributed by atoms with E-state index in [0.717, 1.165) is 25.9 Å². The van der Waals surface area contributed by atoms with Gasteiger partial charge in [-0.15, -0.1) is 0 Å². The lowest BCUT2D eigenvalue weighted by molar-refractivity contribution is 0.104. The van der Waals surface area contributed by atoms with Crippen molar-refractivity contribution in [1.29, 1.82) is 0 Å². The van der Waals surface area contributed by atoms with Crippen LogP contribution >= 0.6 is 7.75 Å². The first-order valence-corrected chi connectivity index (χ1v) is 6.88. The van der Waals surface area contributed by atoms with Gasteiger partial charge in [0.05, 0.1) is 5.60 Å². The first kappa shape index (κ1) is 13.1. The highest BCUT2D eigenvalue weighted by Crippen LogP contribution is 2.42. The van der Waals surface area contributed by atoms with Crippen LogP contribution in [0.2, 0.25) is 0 Å². The number of hydrogen-bond donors (Lipinski definition) is 3. The second-order valence-electron chi connectivity index (χ2n) is 4.88. The number of hydrogen-bond acceptors (Lipinski definition) is 3. The minimum absolute atomic E-state index is 0.0735. The monoisotopic (exact) mass is 236 g/mol. The molecular formula is C9H21N2O3P. The van der Waals surface area contributed by atoms with Crippen LogP contribution in [0.3, 0.4) is 0 Å². The first-order valence-electron chi connectivity index (χ1n) is 5.31. The van der Waals surface area contributed by atoms with Crippen molar-refractivity contribution < 1.29 is 14.0 Å². The Bertz CT molecular complexity index is 246. The molecule has 1 heterocycles. The van der Waals surface area contributed by atoms with E-state index < -0.39 is 13.3 Å². The molecule has 0 bridgehead atoms. The maximum Gasteiger partial charge on any atom is 0.403 e. The molecule has 0 radical (unpaired) electrons. The number of piperidine rings is 1. The van der Waals surface area contributed by atoms with Gasteiger partial charge in [-0.3, -0.25) is 4.52 Å². The van der Waals surface area contributed by atoms with E-state index in [0.29, 0.717) is 0 Å². The largest absolute Gasteiger partial charge is 0.403 e. The summed E-state index contributed by atoms with van der Waals surface area (Å²) in [5.41, 5.74) is -0.607. The molecule has 6 heteroatoms. The SMILES string of the molecule is CC(C)(C)OP(=O)(O)NC1CCNCC1. The van der Waals surface area contributed by atoms with Crippen molar-refractivity contribution in [1.82, 2.24) is 10.4 Å². The number of rotatable bonds is 3. The van der Waals surface area contributed by atoms with Gasteiger partial charge in [-0.25, -0.2) is 9.65 Å². The summed E-state index contributed by atoms with van der Waals surface area (Å²) >= 11 is 0. The van der Waals surface area contributed by atoms with E-state index in [-0.39, 0.29) is 6.04 Å². The Hall–Kier alpha value is 0.0700. The summed E-state index contributed by atoms with van der Waals surface area (Å²) in [6.07, 6.45) is 1.72. The molecule has 90 valence electrons. The van der Waals surface area contributed by atoms with Crippen LogP contribution in [0.1, 0.15) is 33.6 Å². The summed E-state index contributed by atoms with van der Waals surface area (Å²) < 4.78 is 16.8. The fourth-order valence-electron chi connectivity index (χ4n) is 1.58. The van der Waals surface area contributed by atoms with Crippen molar-refractivity contribution in [3.05, 3.63) is 0 Å². The molecule has 0 aliphatic carbocycles. The molecule has 1 saturated heterocycles. The smallest absolute Gasteiger partial charge is 0.317 e. The van der Waals surface area contributed by atoms with Gasteiger partial charge in [-0.05, 0) is 46.7 Å². The molecule has 1 aliphatic rings. The van der Waals surface area contributed by atoms with Gasteiger partial charge in [0.2, 0.25) is 0 Å². The van der Waals surface area contributed by atoms with Gasteiger partial charge in [0, 0.05) is 6.04 Å². The van der Waals surface area contributed by atoms with Crippen LogP contribution in [-0.4, -0.2) is 29.6 Å². The summed E-state index contributed by atoms with van der Waals surface area (Å²) in [6.45, 7) is 7.06. The van der Waals surface area contributed by atoms with Crippen molar-refractivity contribution in [2.45, 2.75) is 45.3 Å². The predicted octanol–water partition coefficient (Wildman–Crippen LogP) is 1.24. The Labute approximate surface area is 91.2 Å². The van der Waals surface area contributed by atoms with Gasteiger partial charge in [0.1, 0.15) is 0 Å². The molecule has 1 atom stereocenters. The topological polar surface area (TPSA) is 70.6 Å². The Morgan fingerprint density at radius 2 is 1.93 bits per heavy atom. The third-order valence-electron chi connectivity index (χ3n) is 2.08. The summed E-state index contributed by atoms with van der Waals surface area (Å²) in [4.78, 5) is 9.60. The van der Waals surface area contributed by atoms with E-state index in [9.17, 15) is 9.46 Å². The lowest BCUT2D eigenvalue weighted by Crippen LogP contribution is -2.39. The van der Waals surface area contributed by atoms with E-state index in [1.165, 1.54) is 0 Å². The molecule has 0 aromatic heterocycles. The zero-order valence-corrected chi connectivity index (χ0v) is 10.5. The molecule has 0 spiro atoms. The fraction of sp³-hybridized carbons (Fsp3) is 1.00. The lowest BCUT2D eigenvalue weighted by atomic mass is 10.1. The van der Waals surface area contributed by atoms with Crippen LogP contribution in [0, 0.1) is 0 Å². The Morgan fingerprint density at radius 1 is 1.40 bits per heavy atom. The van der Waals surface area contributed by atoms with Crippen molar-refractivity contribution in [2.24, 2.45) is 0 Å². The highest BCUT2D eigenvalue weighted by molar-refractivity contribution is 7.50. The highest BCUT2D eigenvalue weighted by atomic mass is 31.2. The normalized spacial score (nSPS) is 23.7. The third kappa shape index (κ3) is 5.64. The molecule has 1 fully saturated rings. The molecule has 3 N–H and O–H groups in total. The molecule has 1 rings (SSSR count). The van der Waals surface area contributed by atoms with Gasteiger partial charge in [-0.1, -0.05) is 0 Å². The van der Waals surface area contributed by atoms with E-state index in [2.05, 4.69) is 10.4 Å². The van der Waals surface area contributed by atoms with Crippen LogP contribution in [0.15, 0.2) is 0 Å². The van der Waals surface area contributed by atoms with Gasteiger partial charge in [0.15, 0.2) is 0 Å². The number of nitrogens with one attached hydrogen (secondary N) is 2. The summed E-state index contributed by atoms with van der Waals surface area (Å²) in [5.74, 6) is 0. The molecule has 5 nitrogen and oxygen atoms in total. The molecule has 15 heavy (non-hydrogen) atoms. The summed E-state index contributed by atoms with van der Waals surface area (Å²) in [7, 11) is -3.66. The lowest BCUT2D eigenvalue weighted by Gasteiger charge is -2.29. The summed E-state index contributed by atoms with van der Waals surface area (Å²) in [5, 5.41) is 5.90. The predicted molar refractivity (Wildman–Crippen MR) is 59.7 cm³/mol. The maximum absolute atomic E-state index is 11.7. The first-order chi connectivity index (χ1) is 6.79. The highest BCUT2D eigenvalue weighted by Gasteiger charge is 2.30. The minimum Gasteiger partial charge on any atom is -0.317 e. The van der Waals surface area contributed by atoms with Gasteiger partial charge in [-0.2, -0.15) is 0 Å².